The minimum absolute atomic E-state index is 0.115. The second-order valence-corrected chi connectivity index (χ2v) is 5.81. The lowest BCUT2D eigenvalue weighted by atomic mass is 10.1. The molecule has 2 heterocycles. The van der Waals surface area contributed by atoms with E-state index >= 15 is 0 Å². The molecule has 2 aromatic rings. The molecular weight excluding hydrogens is 304 g/mol. The Morgan fingerprint density at radius 1 is 1.17 bits per heavy atom. The summed E-state index contributed by atoms with van der Waals surface area (Å²) in [5, 5.41) is 2.91. The average Bonchev–Trinajstić information content (AvgIpc) is 2.64. The lowest BCUT2D eigenvalue weighted by molar-refractivity contribution is 0.0237. The molecule has 1 N–H and O–H groups in total. The molecule has 0 saturated carbocycles. The molecule has 1 fully saturated rings. The van der Waals surface area contributed by atoms with Crippen molar-refractivity contribution in [3.63, 3.8) is 0 Å². The predicted octanol–water partition coefficient (Wildman–Crippen LogP) is 2.61. The Hall–Kier alpha value is -2.40. The zero-order valence-electron chi connectivity index (χ0n) is 13.6. The molecule has 5 heteroatoms. The summed E-state index contributed by atoms with van der Waals surface area (Å²) in [6.07, 6.45) is 4.28. The molecule has 1 saturated heterocycles. The van der Waals surface area contributed by atoms with Crippen LogP contribution in [0.2, 0.25) is 0 Å². The summed E-state index contributed by atoms with van der Waals surface area (Å²) in [4.78, 5) is 16.4. The maximum Gasteiger partial charge on any atom is 0.252 e. The lowest BCUT2D eigenvalue weighted by Gasteiger charge is -2.22. The number of hydrogen-bond acceptors (Lipinski definition) is 4. The standard InChI is InChI=1S/C19H22N2O3/c22-19(20-11-8-15-4-2-1-3-5-15)16-6-7-18(21-14-16)24-17-9-12-23-13-10-17/h1-7,14,17H,8-13H2,(H,20,22). The minimum atomic E-state index is -0.115. The molecule has 0 bridgehead atoms. The van der Waals surface area contributed by atoms with Crippen LogP contribution in [0, 0.1) is 0 Å². The minimum Gasteiger partial charge on any atom is -0.474 e. The van der Waals surface area contributed by atoms with Gasteiger partial charge in [-0.05, 0) is 18.1 Å². The predicted molar refractivity (Wildman–Crippen MR) is 91.2 cm³/mol. The molecule has 1 aromatic heterocycles. The second kappa shape index (κ2) is 8.45. The third kappa shape index (κ3) is 4.80. The third-order valence-corrected chi connectivity index (χ3v) is 4.00. The molecule has 0 spiro atoms. The lowest BCUT2D eigenvalue weighted by Crippen LogP contribution is -2.27. The number of carbonyl (C=O) groups is 1. The van der Waals surface area contributed by atoms with Crippen molar-refractivity contribution in [3.05, 3.63) is 59.8 Å². The molecule has 3 rings (SSSR count). The maximum atomic E-state index is 12.1. The Morgan fingerprint density at radius 3 is 2.67 bits per heavy atom. The van der Waals surface area contributed by atoms with Crippen LogP contribution in [-0.2, 0) is 11.2 Å². The van der Waals surface area contributed by atoms with E-state index in [4.69, 9.17) is 9.47 Å². The topological polar surface area (TPSA) is 60.5 Å². The van der Waals surface area contributed by atoms with Crippen molar-refractivity contribution in [3.8, 4) is 5.88 Å². The Morgan fingerprint density at radius 2 is 1.96 bits per heavy atom. The summed E-state index contributed by atoms with van der Waals surface area (Å²) >= 11 is 0. The highest BCUT2D eigenvalue weighted by Gasteiger charge is 2.16. The summed E-state index contributed by atoms with van der Waals surface area (Å²) in [5.41, 5.74) is 1.75. The normalized spacial score (nSPS) is 15.0. The number of rotatable bonds is 6. The van der Waals surface area contributed by atoms with Gasteiger partial charge in [-0.3, -0.25) is 4.79 Å². The number of ether oxygens (including phenoxy) is 2. The van der Waals surface area contributed by atoms with Gasteiger partial charge in [-0.2, -0.15) is 0 Å². The fourth-order valence-electron chi connectivity index (χ4n) is 2.62. The quantitative estimate of drug-likeness (QED) is 0.886. The molecule has 0 atom stereocenters. The number of amides is 1. The molecule has 0 aliphatic carbocycles. The van der Waals surface area contributed by atoms with Gasteiger partial charge in [0.1, 0.15) is 6.10 Å². The van der Waals surface area contributed by atoms with Gasteiger partial charge in [0.25, 0.3) is 5.91 Å². The number of aromatic nitrogens is 1. The number of pyridine rings is 1. The largest absolute Gasteiger partial charge is 0.474 e. The van der Waals surface area contributed by atoms with Crippen LogP contribution in [0.5, 0.6) is 5.88 Å². The van der Waals surface area contributed by atoms with Crippen molar-refractivity contribution < 1.29 is 14.3 Å². The molecular formula is C19H22N2O3. The molecule has 5 nitrogen and oxygen atoms in total. The highest BCUT2D eigenvalue weighted by atomic mass is 16.5. The fourth-order valence-corrected chi connectivity index (χ4v) is 2.62. The van der Waals surface area contributed by atoms with Gasteiger partial charge in [-0.25, -0.2) is 4.98 Å². The van der Waals surface area contributed by atoms with Crippen LogP contribution in [0.25, 0.3) is 0 Å². The first-order valence-electron chi connectivity index (χ1n) is 8.34. The SMILES string of the molecule is O=C(NCCc1ccccc1)c1ccc(OC2CCOCC2)nc1. The summed E-state index contributed by atoms with van der Waals surface area (Å²) in [6, 6.07) is 13.6. The van der Waals surface area contributed by atoms with Crippen molar-refractivity contribution in [1.29, 1.82) is 0 Å². The van der Waals surface area contributed by atoms with E-state index in [1.807, 2.05) is 18.2 Å². The number of hydrogen-bond donors (Lipinski definition) is 1. The first kappa shape index (κ1) is 16.5. The maximum absolute atomic E-state index is 12.1. The fraction of sp³-hybridized carbons (Fsp3) is 0.368. The van der Waals surface area contributed by atoms with Gasteiger partial charge in [0.05, 0.1) is 18.8 Å². The van der Waals surface area contributed by atoms with E-state index in [9.17, 15) is 4.79 Å². The average molecular weight is 326 g/mol. The number of benzene rings is 1. The van der Waals surface area contributed by atoms with Crippen LogP contribution >= 0.6 is 0 Å². The van der Waals surface area contributed by atoms with Crippen LogP contribution in [0.1, 0.15) is 28.8 Å². The van der Waals surface area contributed by atoms with E-state index in [1.165, 1.54) is 5.56 Å². The monoisotopic (exact) mass is 326 g/mol. The van der Waals surface area contributed by atoms with E-state index < -0.39 is 0 Å². The highest BCUT2D eigenvalue weighted by molar-refractivity contribution is 5.93. The van der Waals surface area contributed by atoms with Crippen LogP contribution in [0.4, 0.5) is 0 Å². The first-order valence-corrected chi connectivity index (χ1v) is 8.34. The molecule has 0 radical (unpaired) electrons. The zero-order chi connectivity index (χ0) is 16.6. The van der Waals surface area contributed by atoms with Crippen molar-refractivity contribution in [2.45, 2.75) is 25.4 Å². The Bertz CT molecular complexity index is 637. The third-order valence-electron chi connectivity index (χ3n) is 4.00. The van der Waals surface area contributed by atoms with Gasteiger partial charge in [-0.1, -0.05) is 30.3 Å². The van der Waals surface area contributed by atoms with Crippen molar-refractivity contribution in [1.82, 2.24) is 10.3 Å². The summed E-state index contributed by atoms with van der Waals surface area (Å²) in [7, 11) is 0. The number of nitrogens with one attached hydrogen (secondary N) is 1. The molecule has 24 heavy (non-hydrogen) atoms. The van der Waals surface area contributed by atoms with Crippen molar-refractivity contribution in [2.75, 3.05) is 19.8 Å². The van der Waals surface area contributed by atoms with Gasteiger partial charge in [-0.15, -0.1) is 0 Å². The van der Waals surface area contributed by atoms with E-state index in [1.54, 1.807) is 18.3 Å². The molecule has 1 aliphatic heterocycles. The molecule has 1 aliphatic rings. The summed E-state index contributed by atoms with van der Waals surface area (Å²) in [5.74, 6) is 0.443. The van der Waals surface area contributed by atoms with Crippen LogP contribution in [0.3, 0.4) is 0 Å². The van der Waals surface area contributed by atoms with Crippen molar-refractivity contribution >= 4 is 5.91 Å². The second-order valence-electron chi connectivity index (χ2n) is 5.81. The smallest absolute Gasteiger partial charge is 0.252 e. The van der Waals surface area contributed by atoms with E-state index in [0.29, 0.717) is 18.0 Å². The molecule has 0 unspecified atom stereocenters. The number of nitrogens with zero attached hydrogens (tertiary/aromatic N) is 1. The van der Waals surface area contributed by atoms with Gasteiger partial charge in [0, 0.05) is 31.6 Å². The van der Waals surface area contributed by atoms with E-state index in [-0.39, 0.29) is 12.0 Å². The highest BCUT2D eigenvalue weighted by Crippen LogP contribution is 2.15. The Balaban J connectivity index is 1.46. The first-order chi connectivity index (χ1) is 11.8. The molecule has 126 valence electrons. The Labute approximate surface area is 142 Å². The van der Waals surface area contributed by atoms with Crippen molar-refractivity contribution in [2.24, 2.45) is 0 Å². The van der Waals surface area contributed by atoms with Gasteiger partial charge < -0.3 is 14.8 Å². The summed E-state index contributed by atoms with van der Waals surface area (Å²) in [6.45, 7) is 2.06. The Kier molecular flexibility index (Phi) is 5.80. The van der Waals surface area contributed by atoms with Gasteiger partial charge in [0.2, 0.25) is 5.88 Å². The van der Waals surface area contributed by atoms with Crippen LogP contribution in [-0.4, -0.2) is 36.8 Å². The van der Waals surface area contributed by atoms with Crippen LogP contribution < -0.4 is 10.1 Å². The van der Waals surface area contributed by atoms with E-state index in [2.05, 4.69) is 22.4 Å². The van der Waals surface area contributed by atoms with Crippen LogP contribution in [0.15, 0.2) is 48.7 Å². The van der Waals surface area contributed by atoms with E-state index in [0.717, 1.165) is 32.5 Å². The van der Waals surface area contributed by atoms with Gasteiger partial charge in [0.15, 0.2) is 0 Å². The number of carbonyl (C=O) groups excluding carboxylic acids is 1. The summed E-state index contributed by atoms with van der Waals surface area (Å²) < 4.78 is 11.1. The molecule has 1 aromatic carbocycles. The zero-order valence-corrected chi connectivity index (χ0v) is 13.6. The molecule has 1 amide bonds. The van der Waals surface area contributed by atoms with Gasteiger partial charge >= 0.3 is 0 Å².